The predicted molar refractivity (Wildman–Crippen MR) is 82.8 cm³/mol. The van der Waals surface area contributed by atoms with Gasteiger partial charge in [-0.15, -0.1) is 0 Å². The molecular formula is C16H11ClN4. The van der Waals surface area contributed by atoms with Crippen molar-refractivity contribution < 1.29 is 0 Å². The Morgan fingerprint density at radius 3 is 2.43 bits per heavy atom. The van der Waals surface area contributed by atoms with Gasteiger partial charge in [0.1, 0.15) is 6.33 Å². The minimum Gasteiger partial charge on any atom is -0.282 e. The van der Waals surface area contributed by atoms with Gasteiger partial charge in [-0.05, 0) is 24.3 Å². The molecule has 0 aliphatic carbocycles. The zero-order valence-corrected chi connectivity index (χ0v) is 11.8. The number of benzene rings is 2. The largest absolute Gasteiger partial charge is 0.282 e. The summed E-state index contributed by atoms with van der Waals surface area (Å²) in [5, 5.41) is 5.15. The lowest BCUT2D eigenvalue weighted by Crippen LogP contribution is -1.91. The number of halogens is 1. The summed E-state index contributed by atoms with van der Waals surface area (Å²) < 4.78 is 3.82. The third-order valence-electron chi connectivity index (χ3n) is 3.39. The minimum atomic E-state index is 0.716. The standard InChI is InChI=1S/C16H11ClN4/c17-13-6-8-14(9-7-13)20-11-19-21-15(20)10-18-16(21)12-4-2-1-3-5-12/h1-11H. The lowest BCUT2D eigenvalue weighted by atomic mass is 10.2. The van der Waals surface area contributed by atoms with Crippen molar-refractivity contribution in [3.8, 4) is 17.1 Å². The van der Waals surface area contributed by atoms with Gasteiger partial charge in [-0.1, -0.05) is 41.9 Å². The van der Waals surface area contributed by atoms with Crippen molar-refractivity contribution in [2.45, 2.75) is 0 Å². The van der Waals surface area contributed by atoms with Gasteiger partial charge < -0.3 is 0 Å². The van der Waals surface area contributed by atoms with Crippen LogP contribution in [-0.2, 0) is 0 Å². The van der Waals surface area contributed by atoms with E-state index in [0.29, 0.717) is 5.02 Å². The van der Waals surface area contributed by atoms with E-state index in [1.807, 2.05) is 69.9 Å². The quantitative estimate of drug-likeness (QED) is 0.563. The molecule has 0 aliphatic heterocycles. The van der Waals surface area contributed by atoms with E-state index < -0.39 is 0 Å². The molecule has 0 bridgehead atoms. The average molecular weight is 295 g/mol. The lowest BCUT2D eigenvalue weighted by Gasteiger charge is -2.01. The van der Waals surface area contributed by atoms with Crippen LogP contribution in [0.4, 0.5) is 0 Å². The number of nitrogens with zero attached hydrogens (tertiary/aromatic N) is 4. The van der Waals surface area contributed by atoms with Crippen LogP contribution in [0.15, 0.2) is 67.1 Å². The van der Waals surface area contributed by atoms with Gasteiger partial charge in [0.2, 0.25) is 0 Å². The molecular weight excluding hydrogens is 284 g/mol. The van der Waals surface area contributed by atoms with Crippen molar-refractivity contribution in [1.29, 1.82) is 0 Å². The maximum Gasteiger partial charge on any atom is 0.163 e. The fraction of sp³-hybridized carbons (Fsp3) is 0. The van der Waals surface area contributed by atoms with Gasteiger partial charge in [0.25, 0.3) is 0 Å². The van der Waals surface area contributed by atoms with E-state index in [0.717, 1.165) is 22.7 Å². The highest BCUT2D eigenvalue weighted by Crippen LogP contribution is 2.21. The van der Waals surface area contributed by atoms with E-state index in [1.165, 1.54) is 0 Å². The monoisotopic (exact) mass is 294 g/mol. The van der Waals surface area contributed by atoms with Crippen LogP contribution in [0.2, 0.25) is 5.02 Å². The molecule has 0 spiro atoms. The van der Waals surface area contributed by atoms with Crippen LogP contribution in [0.5, 0.6) is 0 Å². The molecule has 0 radical (unpaired) electrons. The molecule has 2 aromatic carbocycles. The number of hydrogen-bond donors (Lipinski definition) is 0. The van der Waals surface area contributed by atoms with Crippen LogP contribution in [0.1, 0.15) is 0 Å². The summed E-state index contributed by atoms with van der Waals surface area (Å²) in [4.78, 5) is 4.48. The Morgan fingerprint density at radius 2 is 1.67 bits per heavy atom. The molecule has 0 fully saturated rings. The Labute approximate surface area is 126 Å². The summed E-state index contributed by atoms with van der Waals surface area (Å²) in [6.45, 7) is 0. The molecule has 4 rings (SSSR count). The highest BCUT2D eigenvalue weighted by atomic mass is 35.5. The molecule has 21 heavy (non-hydrogen) atoms. The Morgan fingerprint density at radius 1 is 0.905 bits per heavy atom. The molecule has 0 atom stereocenters. The van der Waals surface area contributed by atoms with E-state index in [2.05, 4.69) is 10.1 Å². The van der Waals surface area contributed by atoms with Crippen molar-refractivity contribution in [2.24, 2.45) is 0 Å². The van der Waals surface area contributed by atoms with Crippen LogP contribution in [0, 0.1) is 0 Å². The van der Waals surface area contributed by atoms with Crippen molar-refractivity contribution in [1.82, 2.24) is 19.2 Å². The van der Waals surface area contributed by atoms with Gasteiger partial charge in [0.15, 0.2) is 11.5 Å². The Balaban J connectivity index is 1.87. The SMILES string of the molecule is Clc1ccc(-n2cnn3c(-c4ccccc4)ncc23)cc1. The fourth-order valence-corrected chi connectivity index (χ4v) is 2.49. The summed E-state index contributed by atoms with van der Waals surface area (Å²) >= 11 is 5.93. The van der Waals surface area contributed by atoms with Crippen LogP contribution < -0.4 is 0 Å². The fourth-order valence-electron chi connectivity index (χ4n) is 2.36. The number of imidazole rings is 1. The number of hydrogen-bond acceptors (Lipinski definition) is 2. The van der Waals surface area contributed by atoms with Crippen molar-refractivity contribution in [3.63, 3.8) is 0 Å². The molecule has 5 heteroatoms. The molecule has 2 aromatic heterocycles. The molecule has 0 unspecified atom stereocenters. The van der Waals surface area contributed by atoms with Crippen LogP contribution in [-0.4, -0.2) is 19.2 Å². The summed E-state index contributed by atoms with van der Waals surface area (Å²) in [6, 6.07) is 17.7. The first-order valence-corrected chi connectivity index (χ1v) is 6.93. The van der Waals surface area contributed by atoms with Crippen molar-refractivity contribution in [2.75, 3.05) is 0 Å². The van der Waals surface area contributed by atoms with Gasteiger partial charge in [-0.2, -0.15) is 9.61 Å². The number of fused-ring (bicyclic) bond motifs is 1. The minimum absolute atomic E-state index is 0.716. The molecule has 102 valence electrons. The zero-order chi connectivity index (χ0) is 14.2. The van der Waals surface area contributed by atoms with Gasteiger partial charge in [0, 0.05) is 16.3 Å². The van der Waals surface area contributed by atoms with E-state index >= 15 is 0 Å². The maximum absolute atomic E-state index is 5.93. The maximum atomic E-state index is 5.93. The number of rotatable bonds is 2. The Hall–Kier alpha value is -2.59. The summed E-state index contributed by atoms with van der Waals surface area (Å²) in [7, 11) is 0. The average Bonchev–Trinajstić information content (AvgIpc) is 3.11. The second-order valence-corrected chi connectivity index (χ2v) is 5.13. The van der Waals surface area contributed by atoms with Crippen LogP contribution in [0.25, 0.3) is 22.7 Å². The second-order valence-electron chi connectivity index (χ2n) is 4.70. The molecule has 4 nitrogen and oxygen atoms in total. The summed E-state index contributed by atoms with van der Waals surface area (Å²) in [5.74, 6) is 0.832. The number of aromatic nitrogens is 4. The van der Waals surface area contributed by atoms with Gasteiger partial charge in [0.05, 0.1) is 6.20 Å². The van der Waals surface area contributed by atoms with Crippen LogP contribution in [0.3, 0.4) is 0 Å². The molecule has 0 amide bonds. The normalized spacial score (nSPS) is 11.1. The third-order valence-corrected chi connectivity index (χ3v) is 3.64. The van der Waals surface area contributed by atoms with Crippen molar-refractivity contribution >= 4 is 17.2 Å². The Bertz CT molecular complexity index is 891. The highest BCUT2D eigenvalue weighted by molar-refractivity contribution is 6.30. The molecule has 0 aliphatic rings. The van der Waals surface area contributed by atoms with E-state index in [1.54, 1.807) is 6.33 Å². The van der Waals surface area contributed by atoms with Crippen molar-refractivity contribution in [3.05, 3.63) is 72.1 Å². The molecule has 0 saturated heterocycles. The first-order chi connectivity index (χ1) is 10.3. The summed E-state index contributed by atoms with van der Waals surface area (Å²) in [6.07, 6.45) is 3.61. The Kier molecular flexibility index (Phi) is 2.75. The topological polar surface area (TPSA) is 35.1 Å². The van der Waals surface area contributed by atoms with Gasteiger partial charge in [-0.25, -0.2) is 4.98 Å². The summed E-state index contributed by atoms with van der Waals surface area (Å²) in [5.41, 5.74) is 2.96. The van der Waals surface area contributed by atoms with Crippen LogP contribution >= 0.6 is 11.6 Å². The lowest BCUT2D eigenvalue weighted by molar-refractivity contribution is 0.963. The predicted octanol–water partition coefficient (Wildman–Crippen LogP) is 3.84. The van der Waals surface area contributed by atoms with Gasteiger partial charge in [-0.3, -0.25) is 4.57 Å². The second kappa shape index (κ2) is 4.75. The zero-order valence-electron chi connectivity index (χ0n) is 11.0. The van der Waals surface area contributed by atoms with E-state index in [4.69, 9.17) is 11.6 Å². The first-order valence-electron chi connectivity index (χ1n) is 6.55. The highest BCUT2D eigenvalue weighted by Gasteiger charge is 2.11. The van der Waals surface area contributed by atoms with Gasteiger partial charge >= 0.3 is 0 Å². The molecule has 0 N–H and O–H groups in total. The third kappa shape index (κ3) is 2.00. The molecule has 0 saturated carbocycles. The molecule has 2 heterocycles. The molecule has 4 aromatic rings. The smallest absolute Gasteiger partial charge is 0.163 e. The first kappa shape index (κ1) is 12.2. The van der Waals surface area contributed by atoms with E-state index in [-0.39, 0.29) is 0 Å². The van der Waals surface area contributed by atoms with E-state index in [9.17, 15) is 0 Å².